The smallest absolute Gasteiger partial charge is 0.375 e. The van der Waals surface area contributed by atoms with E-state index in [9.17, 15) is 14.4 Å². The summed E-state index contributed by atoms with van der Waals surface area (Å²) in [4.78, 5) is 31.7. The molecule has 0 bridgehead atoms. The van der Waals surface area contributed by atoms with Crippen LogP contribution in [0.5, 0.6) is 0 Å². The van der Waals surface area contributed by atoms with Crippen molar-refractivity contribution in [2.24, 2.45) is 5.92 Å². The number of rotatable bonds is 4. The van der Waals surface area contributed by atoms with Gasteiger partial charge in [-0.05, 0) is 13.8 Å². The molecule has 0 rings (SSSR count). The van der Waals surface area contributed by atoms with Crippen LogP contribution >= 0.6 is 0 Å². The zero-order valence-electron chi connectivity index (χ0n) is 6.86. The van der Waals surface area contributed by atoms with E-state index in [0.717, 1.165) is 6.92 Å². The molecule has 0 fully saturated rings. The number of aliphatic carboxylic acids is 1. The number of ketones is 1. The largest absolute Gasteiger partial charge is 0.481 e. The van der Waals surface area contributed by atoms with Gasteiger partial charge >= 0.3 is 11.9 Å². The van der Waals surface area contributed by atoms with E-state index in [2.05, 4.69) is 4.74 Å². The molecule has 0 aliphatic heterocycles. The van der Waals surface area contributed by atoms with Gasteiger partial charge < -0.3 is 9.84 Å². The SMILES string of the molecule is CCOC(=O)C(=O)[C@@H](C)C(=O)O. The van der Waals surface area contributed by atoms with Crippen molar-refractivity contribution in [1.29, 1.82) is 0 Å². The summed E-state index contributed by atoms with van der Waals surface area (Å²) in [5.74, 6) is -4.77. The number of hydrogen-bond acceptors (Lipinski definition) is 4. The van der Waals surface area contributed by atoms with Crippen molar-refractivity contribution in [3.05, 3.63) is 0 Å². The molecule has 5 nitrogen and oxygen atoms in total. The third-order valence-corrected chi connectivity index (χ3v) is 1.24. The first kappa shape index (κ1) is 10.6. The number of hydrogen-bond donors (Lipinski definition) is 1. The maximum absolute atomic E-state index is 10.8. The Morgan fingerprint density at radius 2 is 1.92 bits per heavy atom. The summed E-state index contributed by atoms with van der Waals surface area (Å²) < 4.78 is 4.32. The molecule has 0 aromatic rings. The summed E-state index contributed by atoms with van der Waals surface area (Å²) >= 11 is 0. The van der Waals surface area contributed by atoms with E-state index >= 15 is 0 Å². The first-order valence-corrected chi connectivity index (χ1v) is 3.44. The van der Waals surface area contributed by atoms with Crippen molar-refractivity contribution >= 4 is 17.7 Å². The highest BCUT2D eigenvalue weighted by Gasteiger charge is 2.27. The lowest BCUT2D eigenvalue weighted by Crippen LogP contribution is -2.29. The van der Waals surface area contributed by atoms with Crippen molar-refractivity contribution in [2.45, 2.75) is 13.8 Å². The number of carboxylic acids is 1. The van der Waals surface area contributed by atoms with Crippen molar-refractivity contribution in [3.8, 4) is 0 Å². The average molecular weight is 174 g/mol. The van der Waals surface area contributed by atoms with Gasteiger partial charge in [0.1, 0.15) is 5.92 Å². The highest BCUT2D eigenvalue weighted by atomic mass is 16.5. The van der Waals surface area contributed by atoms with Gasteiger partial charge in [0.2, 0.25) is 0 Å². The number of carbonyl (C=O) groups is 3. The first-order valence-electron chi connectivity index (χ1n) is 3.44. The van der Waals surface area contributed by atoms with Crippen LogP contribution in [-0.2, 0) is 19.1 Å². The fraction of sp³-hybridized carbons (Fsp3) is 0.571. The number of Topliss-reactive ketones (excluding diaryl/α,β-unsaturated/α-hetero) is 1. The van der Waals surface area contributed by atoms with E-state index in [1.54, 1.807) is 0 Å². The molecule has 68 valence electrons. The molecule has 0 spiro atoms. The van der Waals surface area contributed by atoms with Crippen LogP contribution in [0.15, 0.2) is 0 Å². The fourth-order valence-electron chi connectivity index (χ4n) is 0.491. The maximum Gasteiger partial charge on any atom is 0.375 e. The summed E-state index contributed by atoms with van der Waals surface area (Å²) in [6.07, 6.45) is 0. The van der Waals surface area contributed by atoms with E-state index in [0.29, 0.717) is 0 Å². The van der Waals surface area contributed by atoms with Crippen LogP contribution in [0.3, 0.4) is 0 Å². The van der Waals surface area contributed by atoms with Crippen molar-refractivity contribution in [1.82, 2.24) is 0 Å². The lowest BCUT2D eigenvalue weighted by molar-refractivity contribution is -0.159. The monoisotopic (exact) mass is 174 g/mol. The molecule has 12 heavy (non-hydrogen) atoms. The molecule has 0 amide bonds. The molecule has 1 atom stereocenters. The number of carboxylic acid groups (broad SMARTS) is 1. The second-order valence-corrected chi connectivity index (χ2v) is 2.14. The Hall–Kier alpha value is -1.39. The van der Waals surface area contributed by atoms with Gasteiger partial charge in [-0.25, -0.2) is 4.79 Å². The molecule has 1 N–H and O–H groups in total. The van der Waals surface area contributed by atoms with Gasteiger partial charge in [0.15, 0.2) is 0 Å². The van der Waals surface area contributed by atoms with Crippen LogP contribution in [0.4, 0.5) is 0 Å². The highest BCUT2D eigenvalue weighted by molar-refractivity contribution is 6.37. The Morgan fingerprint density at radius 3 is 2.25 bits per heavy atom. The Morgan fingerprint density at radius 1 is 1.42 bits per heavy atom. The second kappa shape index (κ2) is 4.48. The van der Waals surface area contributed by atoms with Gasteiger partial charge in [-0.2, -0.15) is 0 Å². The van der Waals surface area contributed by atoms with Gasteiger partial charge in [-0.15, -0.1) is 0 Å². The summed E-state index contributed by atoms with van der Waals surface area (Å²) in [6, 6.07) is 0. The summed E-state index contributed by atoms with van der Waals surface area (Å²) in [6.45, 7) is 2.75. The van der Waals surface area contributed by atoms with E-state index < -0.39 is 23.6 Å². The van der Waals surface area contributed by atoms with Crippen LogP contribution < -0.4 is 0 Å². The number of carbonyl (C=O) groups excluding carboxylic acids is 2. The molecule has 0 aliphatic rings. The maximum atomic E-state index is 10.8. The minimum absolute atomic E-state index is 0.0664. The van der Waals surface area contributed by atoms with Crippen LogP contribution in [-0.4, -0.2) is 29.4 Å². The average Bonchev–Trinajstić information content (AvgIpc) is 2.02. The van der Waals surface area contributed by atoms with E-state index in [4.69, 9.17) is 5.11 Å². The Labute approximate surface area is 69.3 Å². The third kappa shape index (κ3) is 2.69. The fourth-order valence-corrected chi connectivity index (χ4v) is 0.491. The molecular formula is C7H10O5. The van der Waals surface area contributed by atoms with Gasteiger partial charge in [0, 0.05) is 0 Å². The van der Waals surface area contributed by atoms with E-state index in [-0.39, 0.29) is 6.61 Å². The van der Waals surface area contributed by atoms with Crippen LogP contribution in [0.1, 0.15) is 13.8 Å². The molecule has 0 aromatic heterocycles. The predicted molar refractivity (Wildman–Crippen MR) is 38.4 cm³/mol. The molecule has 5 heteroatoms. The summed E-state index contributed by atoms with van der Waals surface area (Å²) in [7, 11) is 0. The topological polar surface area (TPSA) is 80.7 Å². The Kier molecular flexibility index (Phi) is 3.96. The molecule has 0 heterocycles. The van der Waals surface area contributed by atoms with Crippen molar-refractivity contribution in [2.75, 3.05) is 6.61 Å². The predicted octanol–water partition coefficient (Wildman–Crippen LogP) is -0.161. The van der Waals surface area contributed by atoms with Crippen LogP contribution in [0, 0.1) is 5.92 Å². The lowest BCUT2D eigenvalue weighted by atomic mass is 10.1. The lowest BCUT2D eigenvalue weighted by Gasteiger charge is -2.03. The van der Waals surface area contributed by atoms with Crippen LogP contribution in [0.2, 0.25) is 0 Å². The van der Waals surface area contributed by atoms with E-state index in [1.807, 2.05) is 0 Å². The molecule has 0 unspecified atom stereocenters. The van der Waals surface area contributed by atoms with Crippen LogP contribution in [0.25, 0.3) is 0 Å². The van der Waals surface area contributed by atoms with Crippen molar-refractivity contribution < 1.29 is 24.2 Å². The summed E-state index contributed by atoms with van der Waals surface area (Å²) in [5.41, 5.74) is 0. The minimum Gasteiger partial charge on any atom is -0.481 e. The molecule has 0 radical (unpaired) electrons. The van der Waals surface area contributed by atoms with Crippen molar-refractivity contribution in [3.63, 3.8) is 0 Å². The van der Waals surface area contributed by atoms with Gasteiger partial charge in [-0.1, -0.05) is 0 Å². The van der Waals surface area contributed by atoms with Gasteiger partial charge in [0.05, 0.1) is 6.61 Å². The minimum atomic E-state index is -1.33. The molecule has 0 saturated heterocycles. The van der Waals surface area contributed by atoms with Gasteiger partial charge in [0.25, 0.3) is 5.78 Å². The summed E-state index contributed by atoms with van der Waals surface area (Å²) in [5, 5.41) is 8.34. The Balaban J connectivity index is 4.19. The first-order chi connectivity index (χ1) is 5.50. The zero-order valence-corrected chi connectivity index (χ0v) is 6.86. The molecule has 0 aromatic carbocycles. The number of esters is 1. The molecule has 0 aliphatic carbocycles. The molecule has 0 saturated carbocycles. The molecular weight excluding hydrogens is 164 g/mol. The zero-order chi connectivity index (χ0) is 9.72. The van der Waals surface area contributed by atoms with Gasteiger partial charge in [-0.3, -0.25) is 9.59 Å². The van der Waals surface area contributed by atoms with E-state index in [1.165, 1.54) is 6.92 Å². The second-order valence-electron chi connectivity index (χ2n) is 2.14. The third-order valence-electron chi connectivity index (χ3n) is 1.24. The normalized spacial score (nSPS) is 11.8. The number of ether oxygens (including phenoxy) is 1. The quantitative estimate of drug-likeness (QED) is 0.364. The Bertz CT molecular complexity index is 208. The highest BCUT2D eigenvalue weighted by Crippen LogP contribution is 1.98. The standard InChI is InChI=1S/C7H10O5/c1-3-12-7(11)5(8)4(2)6(9)10/h4H,3H2,1-2H3,(H,9,10)/t4-/m1/s1.